The molecule has 0 aliphatic heterocycles. The van der Waals surface area contributed by atoms with Gasteiger partial charge in [0, 0.05) is 105 Å². The van der Waals surface area contributed by atoms with Crippen LogP contribution in [0.25, 0.3) is 112 Å². The molecule has 0 atom stereocenters. The van der Waals surface area contributed by atoms with E-state index in [9.17, 15) is 5.26 Å². The maximum atomic E-state index is 15.3. The molecule has 13 heteroatoms. The monoisotopic (exact) mass is 857 g/mol. The maximum absolute atomic E-state index is 15.3. The highest BCUT2D eigenvalue weighted by Crippen LogP contribution is 2.44. The Morgan fingerprint density at radius 2 is 0.727 bits per heavy atom. The molecule has 0 amide bonds. The molecule has 12 aromatic rings. The van der Waals surface area contributed by atoms with E-state index in [2.05, 4.69) is 50.5 Å². The summed E-state index contributed by atoms with van der Waals surface area (Å²) in [4.78, 5) is 36.2. The molecule has 0 unspecified atom stereocenters. The fourth-order valence-electron chi connectivity index (χ4n) is 8.95. The van der Waals surface area contributed by atoms with Crippen LogP contribution in [0.2, 0.25) is 0 Å². The number of fused-ring (bicyclic) bond motifs is 6. The van der Waals surface area contributed by atoms with E-state index >= 15 is 8.78 Å². The Labute approximate surface area is 373 Å². The van der Waals surface area contributed by atoms with Crippen LogP contribution in [0.4, 0.5) is 8.78 Å². The minimum atomic E-state index is -0.750. The van der Waals surface area contributed by atoms with E-state index in [0.29, 0.717) is 40.2 Å². The van der Waals surface area contributed by atoms with E-state index in [1.54, 1.807) is 73.8 Å². The highest BCUT2D eigenvalue weighted by atomic mass is 19.1. The van der Waals surface area contributed by atoms with Crippen molar-refractivity contribution in [3.8, 4) is 74.1 Å². The first kappa shape index (κ1) is 38.3. The number of rotatable bonds is 7. The predicted octanol–water partition coefficient (Wildman–Crippen LogP) is 11.5. The van der Waals surface area contributed by atoms with Crippen molar-refractivity contribution < 1.29 is 8.78 Å². The lowest BCUT2D eigenvalue weighted by molar-refractivity contribution is 0.584. The first-order chi connectivity index (χ1) is 32.5. The molecule has 6 aromatic carbocycles. The van der Waals surface area contributed by atoms with Crippen molar-refractivity contribution in [1.82, 2.24) is 49.0 Å². The van der Waals surface area contributed by atoms with E-state index < -0.39 is 11.6 Å². The van der Waals surface area contributed by atoms with Crippen LogP contribution < -0.4 is 0 Å². The maximum Gasteiger partial charge on any atom is 0.159 e. The molecule has 0 saturated carbocycles. The molecule has 6 aromatic heterocycles. The first-order valence-corrected chi connectivity index (χ1v) is 20.8. The van der Waals surface area contributed by atoms with Crippen LogP contribution >= 0.6 is 0 Å². The van der Waals surface area contributed by atoms with Crippen LogP contribution in [0.3, 0.4) is 0 Å². The van der Waals surface area contributed by atoms with Crippen molar-refractivity contribution in [3.05, 3.63) is 194 Å². The van der Waals surface area contributed by atoms with Crippen LogP contribution in [0.15, 0.2) is 177 Å². The molecule has 66 heavy (non-hydrogen) atoms. The molecular formula is C53H29F2N11. The number of hydrogen-bond acceptors (Lipinski definition) is 9. The second kappa shape index (κ2) is 15.4. The molecule has 0 bridgehead atoms. The van der Waals surface area contributed by atoms with Crippen molar-refractivity contribution in [2.75, 3.05) is 0 Å². The van der Waals surface area contributed by atoms with Crippen LogP contribution in [0.1, 0.15) is 5.56 Å². The van der Waals surface area contributed by atoms with Crippen molar-refractivity contribution >= 4 is 43.6 Å². The van der Waals surface area contributed by atoms with Gasteiger partial charge in [-0.15, -0.1) is 0 Å². The van der Waals surface area contributed by atoms with Gasteiger partial charge in [-0.2, -0.15) is 5.26 Å². The third kappa shape index (κ3) is 6.31. The van der Waals surface area contributed by atoms with Gasteiger partial charge in [0.2, 0.25) is 0 Å². The first-order valence-electron chi connectivity index (χ1n) is 20.8. The van der Waals surface area contributed by atoms with Gasteiger partial charge in [0.05, 0.1) is 33.4 Å². The Kier molecular flexibility index (Phi) is 8.95. The van der Waals surface area contributed by atoms with Gasteiger partial charge in [0.15, 0.2) is 23.3 Å². The molecule has 0 aliphatic rings. The second-order valence-electron chi connectivity index (χ2n) is 15.5. The molecule has 310 valence electrons. The summed E-state index contributed by atoms with van der Waals surface area (Å²) in [6, 6.07) is 40.5. The van der Waals surface area contributed by atoms with Gasteiger partial charge in [-0.3, -0.25) is 0 Å². The van der Waals surface area contributed by atoms with Crippen LogP contribution in [-0.4, -0.2) is 49.0 Å². The van der Waals surface area contributed by atoms with Crippen molar-refractivity contribution in [2.45, 2.75) is 0 Å². The SMILES string of the molecule is N#Cc1c(-n2c3ccc(-c4ncccn4)cc3c3cc(-c4ncccn4)ccc32)ccc(-c2cc(F)cc(F)c2)c1-n1c2ccc(-c3ncccn3)cc2c2cc(-c3ncccn3)ccc21. The Balaban J connectivity index is 1.19. The van der Waals surface area contributed by atoms with Gasteiger partial charge in [-0.05, 0) is 121 Å². The van der Waals surface area contributed by atoms with Gasteiger partial charge in [-0.1, -0.05) is 6.07 Å². The number of halogens is 2. The number of hydrogen-bond donors (Lipinski definition) is 0. The second-order valence-corrected chi connectivity index (χ2v) is 15.5. The molecule has 0 aliphatic carbocycles. The van der Waals surface area contributed by atoms with Crippen molar-refractivity contribution in [2.24, 2.45) is 0 Å². The molecule has 6 heterocycles. The van der Waals surface area contributed by atoms with Gasteiger partial charge in [-0.25, -0.2) is 48.7 Å². The Bertz CT molecular complexity index is 3690. The summed E-state index contributed by atoms with van der Waals surface area (Å²) < 4.78 is 34.6. The smallest absolute Gasteiger partial charge is 0.159 e. The summed E-state index contributed by atoms with van der Waals surface area (Å²) in [7, 11) is 0. The molecule has 11 nitrogen and oxygen atoms in total. The standard InChI is InChI=1S/C53H29F2N11/c54-36-23-35(24-37(55)29-36)38-9-14-48(65-44-10-5-31(50-57-15-1-16-58-50)25-39(44)40-26-32(6-11-45(40)65)51-59-17-2-18-60-51)43(30-56)49(38)66-46-12-7-33(52-61-19-3-20-62-52)27-41(46)42-28-34(8-13-47(42)66)53-63-21-4-22-64-53/h1-29H. The van der Waals surface area contributed by atoms with E-state index in [0.717, 1.165) is 71.9 Å². The van der Waals surface area contributed by atoms with E-state index in [4.69, 9.17) is 0 Å². The minimum absolute atomic E-state index is 0.256. The fourth-order valence-corrected chi connectivity index (χ4v) is 8.95. The molecule has 0 saturated heterocycles. The minimum Gasteiger partial charge on any atom is -0.308 e. The molecular weight excluding hydrogens is 829 g/mol. The summed E-state index contributed by atoms with van der Waals surface area (Å²) in [5, 5.41) is 15.0. The highest BCUT2D eigenvalue weighted by molar-refractivity contribution is 6.14. The van der Waals surface area contributed by atoms with Crippen LogP contribution in [0.5, 0.6) is 0 Å². The van der Waals surface area contributed by atoms with Crippen molar-refractivity contribution in [3.63, 3.8) is 0 Å². The third-order valence-corrected chi connectivity index (χ3v) is 11.7. The highest BCUT2D eigenvalue weighted by Gasteiger charge is 2.26. The quantitative estimate of drug-likeness (QED) is 0.153. The lowest BCUT2D eigenvalue weighted by Crippen LogP contribution is -2.06. The Hall–Kier alpha value is -9.41. The summed E-state index contributed by atoms with van der Waals surface area (Å²) in [5.41, 5.74) is 8.12. The fraction of sp³-hybridized carbons (Fsp3) is 0. The summed E-state index contributed by atoms with van der Waals surface area (Å²) in [6.45, 7) is 0. The number of nitrogens with zero attached hydrogens (tertiary/aromatic N) is 11. The Morgan fingerprint density at radius 1 is 0.379 bits per heavy atom. The zero-order valence-corrected chi connectivity index (χ0v) is 34.4. The number of nitriles is 1. The number of aromatic nitrogens is 10. The average Bonchev–Trinajstić information content (AvgIpc) is 3.87. The molecule has 0 spiro atoms. The zero-order chi connectivity index (χ0) is 44.3. The lowest BCUT2D eigenvalue weighted by atomic mass is 9.97. The number of benzene rings is 6. The van der Waals surface area contributed by atoms with Gasteiger partial charge in [0.25, 0.3) is 0 Å². The molecule has 0 N–H and O–H groups in total. The van der Waals surface area contributed by atoms with Crippen LogP contribution in [-0.2, 0) is 0 Å². The summed E-state index contributed by atoms with van der Waals surface area (Å²) >= 11 is 0. The van der Waals surface area contributed by atoms with Crippen LogP contribution in [0, 0.1) is 23.0 Å². The van der Waals surface area contributed by atoms with Gasteiger partial charge >= 0.3 is 0 Å². The van der Waals surface area contributed by atoms with E-state index in [1.807, 2.05) is 89.5 Å². The van der Waals surface area contributed by atoms with Crippen molar-refractivity contribution in [1.29, 1.82) is 5.26 Å². The van der Waals surface area contributed by atoms with E-state index in [1.165, 1.54) is 12.1 Å². The lowest BCUT2D eigenvalue weighted by Gasteiger charge is -2.20. The van der Waals surface area contributed by atoms with E-state index in [-0.39, 0.29) is 11.1 Å². The van der Waals surface area contributed by atoms with Gasteiger partial charge < -0.3 is 9.13 Å². The molecule has 0 fully saturated rings. The topological polar surface area (TPSA) is 137 Å². The summed E-state index contributed by atoms with van der Waals surface area (Å²) in [6.07, 6.45) is 13.6. The molecule has 0 radical (unpaired) electrons. The molecule has 12 rings (SSSR count). The largest absolute Gasteiger partial charge is 0.308 e. The Morgan fingerprint density at radius 3 is 1.08 bits per heavy atom. The zero-order valence-electron chi connectivity index (χ0n) is 34.4. The van der Waals surface area contributed by atoms with Gasteiger partial charge in [0.1, 0.15) is 23.3 Å². The third-order valence-electron chi connectivity index (χ3n) is 11.7. The predicted molar refractivity (Wildman–Crippen MR) is 249 cm³/mol. The summed E-state index contributed by atoms with van der Waals surface area (Å²) in [5.74, 6) is 0.691. The average molecular weight is 858 g/mol. The normalized spacial score (nSPS) is 11.5.